The smallest absolute Gasteiger partial charge is 0.399 e. The Morgan fingerprint density at radius 2 is 1.93 bits per heavy atom. The number of anilines is 2. The van der Waals surface area contributed by atoms with Gasteiger partial charge >= 0.3 is 7.12 Å². The first-order valence-electron chi connectivity index (χ1n) is 17.5. The number of hydrogen-bond acceptors (Lipinski definition) is 9. The Balaban J connectivity index is 0.000000343. The lowest BCUT2D eigenvalue weighted by molar-refractivity contribution is -0.118. The number of nitrogens with one attached hydrogen (secondary N) is 1. The minimum absolute atomic E-state index is 0. The molecular weight excluding hydrogens is 613 g/mol. The standard InChI is InChI=1S/C14H22BNO3.C13H17BrN4O2.CH4.ClH/c1-12(2,17)11-8-7-10(9-16-11)15-18-13(3,4)14(5,6)19-15;1-20-9-4-2-8(3-5-9)18-11(19)7-16-12-13(18)17-10(14)6-15-12;;/h7-9,17H,1-6H3;6,8-9H,2-5,7H2,1H3,(H,15,16);1H4;1H/i1D3,17D;1D3,7D2;;/hD. The van der Waals surface area contributed by atoms with Gasteiger partial charge in [0.05, 0.1) is 42.5 Å². The number of ether oxygens (including phenoxy) is 1. The highest BCUT2D eigenvalue weighted by Gasteiger charge is 2.51. The Hall–Kier alpha value is -1.83. The predicted octanol–water partition coefficient (Wildman–Crippen LogP) is 4.62. The summed E-state index contributed by atoms with van der Waals surface area (Å²) in [5, 5.41) is 4.92. The lowest BCUT2D eigenvalue weighted by Gasteiger charge is -2.38. The second-order valence-corrected chi connectivity index (χ2v) is 11.7. The molecule has 1 saturated heterocycles. The number of pyridine rings is 1. The van der Waals surface area contributed by atoms with Crippen LogP contribution >= 0.6 is 28.3 Å². The molecule has 0 bridgehead atoms. The number of methoxy groups -OCH3 is 1. The predicted molar refractivity (Wildman–Crippen MR) is 168 cm³/mol. The van der Waals surface area contributed by atoms with E-state index in [1.807, 2.05) is 27.7 Å². The first-order valence-corrected chi connectivity index (χ1v) is 13.4. The van der Waals surface area contributed by atoms with Crippen LogP contribution in [0.25, 0.3) is 0 Å². The maximum Gasteiger partial charge on any atom is 0.496 e. The molecule has 3 aliphatic rings. The van der Waals surface area contributed by atoms with E-state index in [1.54, 1.807) is 6.07 Å². The fraction of sp³-hybridized carbons (Fsp3) is 0.643. The highest BCUT2D eigenvalue weighted by atomic mass is 79.9. The maximum atomic E-state index is 12.7. The molecule has 10 nitrogen and oxygen atoms in total. The Kier molecular flexibility index (Phi) is 7.55. The van der Waals surface area contributed by atoms with Crippen LogP contribution in [-0.2, 0) is 24.4 Å². The van der Waals surface area contributed by atoms with Crippen molar-refractivity contribution in [2.45, 2.75) is 104 Å². The van der Waals surface area contributed by atoms with Crippen molar-refractivity contribution in [2.75, 3.05) is 23.7 Å². The van der Waals surface area contributed by atoms with Gasteiger partial charge in [-0.3, -0.25) is 14.7 Å². The summed E-state index contributed by atoms with van der Waals surface area (Å²) in [4.78, 5) is 26.4. The number of hydrogen-bond donors (Lipinski definition) is 2. The summed E-state index contributed by atoms with van der Waals surface area (Å²) < 4.78 is 92.4. The van der Waals surface area contributed by atoms with Gasteiger partial charge in [0.1, 0.15) is 10.2 Å². The normalized spacial score (nSPS) is 29.6. The van der Waals surface area contributed by atoms with Crippen molar-refractivity contribution in [1.82, 2.24) is 15.0 Å². The fourth-order valence-electron chi connectivity index (χ4n) is 4.41. The molecule has 1 aliphatic carbocycles. The monoisotopic (exact) mass is 665 g/mol. The highest BCUT2D eigenvalue weighted by molar-refractivity contribution is 9.10. The third-order valence-electron chi connectivity index (χ3n) is 7.39. The quantitative estimate of drug-likeness (QED) is 0.441. The maximum absolute atomic E-state index is 12.7. The first kappa shape index (κ1) is 22.7. The molecule has 41 heavy (non-hydrogen) atoms. The lowest BCUT2D eigenvalue weighted by atomic mass is 9.80. The van der Waals surface area contributed by atoms with E-state index < -0.39 is 56.3 Å². The molecule has 13 heteroatoms. The summed E-state index contributed by atoms with van der Waals surface area (Å²) in [5.74, 6) is -0.805. The highest BCUT2D eigenvalue weighted by Crippen LogP contribution is 2.36. The van der Waals surface area contributed by atoms with Crippen LogP contribution in [0.4, 0.5) is 11.6 Å². The summed E-state index contributed by atoms with van der Waals surface area (Å²) in [6.07, 6.45) is 4.14. The average Bonchev–Trinajstić information content (AvgIpc) is 3.22. The number of amides is 1. The van der Waals surface area contributed by atoms with Crippen LogP contribution in [0.15, 0.2) is 29.1 Å². The third-order valence-corrected chi connectivity index (χ3v) is 7.77. The first-order chi connectivity index (χ1) is 22.3. The second kappa shape index (κ2) is 13.6. The van der Waals surface area contributed by atoms with Gasteiger partial charge in [-0.2, -0.15) is 0 Å². The van der Waals surface area contributed by atoms with Gasteiger partial charge in [-0.15, -0.1) is 12.4 Å². The van der Waals surface area contributed by atoms with Gasteiger partial charge in [0, 0.05) is 28.9 Å². The largest absolute Gasteiger partial charge is 0.496 e. The molecule has 0 spiro atoms. The van der Waals surface area contributed by atoms with Crippen LogP contribution in [0.5, 0.6) is 0 Å². The van der Waals surface area contributed by atoms with Crippen LogP contribution in [0.2, 0.25) is 1.41 Å². The summed E-state index contributed by atoms with van der Waals surface area (Å²) in [5.41, 5.74) is -1.87. The van der Waals surface area contributed by atoms with Crippen molar-refractivity contribution in [3.63, 3.8) is 0 Å². The number of rotatable bonds is 5. The summed E-state index contributed by atoms with van der Waals surface area (Å²) >= 11 is 3.19. The van der Waals surface area contributed by atoms with Crippen molar-refractivity contribution in [3.8, 4) is 0 Å². The van der Waals surface area contributed by atoms with Gasteiger partial charge in [0.15, 0.2) is 13.0 Å². The topological polar surface area (TPSA) is 119 Å². The number of carbonyl (C=O) groups excluding carboxylic acids is 1. The zero-order valence-electron chi connectivity index (χ0n) is 32.9. The van der Waals surface area contributed by atoms with E-state index in [2.05, 4.69) is 36.0 Å². The van der Waals surface area contributed by atoms with E-state index in [4.69, 9.17) is 27.9 Å². The molecule has 4 heterocycles. The summed E-state index contributed by atoms with van der Waals surface area (Å²) in [6, 6.07) is 2.85. The van der Waals surface area contributed by atoms with Crippen LogP contribution in [0.1, 0.15) is 91.2 Å². The summed E-state index contributed by atoms with van der Waals surface area (Å²) in [7, 11) is -3.04. The molecule has 5 rings (SSSR count). The number of carbonyl (C=O) groups is 1. The number of nitrogens with zero attached hydrogens (tertiary/aromatic N) is 4. The molecule has 1 atom stereocenters. The second-order valence-electron chi connectivity index (χ2n) is 10.9. The minimum Gasteiger partial charge on any atom is -0.399 e. The number of aromatic nitrogens is 3. The van der Waals surface area contributed by atoms with E-state index in [9.17, 15) is 4.79 Å². The van der Waals surface area contributed by atoms with Gasteiger partial charge in [-0.25, -0.2) is 9.97 Å². The molecule has 0 aromatic carbocycles. The van der Waals surface area contributed by atoms with Crippen LogP contribution < -0.4 is 15.7 Å². The van der Waals surface area contributed by atoms with Gasteiger partial charge in [0.2, 0.25) is 7.34 Å². The molecule has 0 radical (unpaired) electrons. The van der Waals surface area contributed by atoms with Gasteiger partial charge in [-0.1, -0.05) is 13.5 Å². The van der Waals surface area contributed by atoms with Crippen molar-refractivity contribution in [2.24, 2.45) is 0 Å². The zero-order valence-corrected chi connectivity index (χ0v) is 25.3. The van der Waals surface area contributed by atoms with Gasteiger partial charge < -0.3 is 24.5 Å². The lowest BCUT2D eigenvalue weighted by Crippen LogP contribution is -2.49. The molecule has 1 amide bonds. The Morgan fingerprint density at radius 3 is 2.49 bits per heavy atom. The average molecular weight is 667 g/mol. The Bertz CT molecular complexity index is 1500. The van der Waals surface area contributed by atoms with E-state index in [0.29, 0.717) is 41.1 Å². The van der Waals surface area contributed by atoms with Crippen molar-refractivity contribution in [3.05, 3.63) is 34.8 Å². The van der Waals surface area contributed by atoms with Gasteiger partial charge in [0.25, 0.3) is 0 Å². The molecule has 1 saturated carbocycles. The SMILES string of the molecule is C.Cl.[2H]N1c2ncc(Br)nc2N(C2CCC(OC([2H])([2H])[2H])CC2)C(=O)C1([2H])[2H].[2H]OC(C)(c1ccc(B2OC(C)(C)C(C)(C)O2)cn1)C([2H])([2H])[2H]. The zero-order chi connectivity index (χ0) is 37.0. The molecular formula is C28H44BBrClN5O5. The van der Waals surface area contributed by atoms with Crippen LogP contribution in [-0.4, -0.2) is 71.4 Å². The molecule has 1 unspecified atom stereocenters. The van der Waals surface area contributed by atoms with Crippen LogP contribution in [0.3, 0.4) is 0 Å². The number of halogens is 2. The summed E-state index contributed by atoms with van der Waals surface area (Å²) in [6.45, 7) is 4.06. The van der Waals surface area contributed by atoms with Gasteiger partial charge in [-0.05, 0) is 89.2 Å². The molecule has 2 aromatic heterocycles. The third kappa shape index (κ3) is 7.97. The van der Waals surface area contributed by atoms with E-state index in [1.165, 1.54) is 30.3 Å². The Labute approximate surface area is 273 Å². The molecule has 2 aromatic rings. The van der Waals surface area contributed by atoms with E-state index >= 15 is 0 Å². The van der Waals surface area contributed by atoms with Crippen molar-refractivity contribution < 1.29 is 36.3 Å². The number of fused-ring (bicyclic) bond motifs is 1. The molecule has 2 N–H and O–H groups in total. The van der Waals surface area contributed by atoms with E-state index in [-0.39, 0.29) is 43.2 Å². The fourth-order valence-corrected chi connectivity index (χ4v) is 4.68. The Morgan fingerprint density at radius 1 is 1.24 bits per heavy atom. The number of aliphatic hydroxyl groups is 1. The molecule has 2 aliphatic heterocycles. The van der Waals surface area contributed by atoms with Crippen molar-refractivity contribution in [1.29, 1.82) is 1.43 Å². The minimum atomic E-state index is -2.57. The van der Waals surface area contributed by atoms with Crippen molar-refractivity contribution >= 4 is 58.5 Å². The molecule has 228 valence electrons. The van der Waals surface area contributed by atoms with Crippen LogP contribution in [0, 0.1) is 0 Å². The van der Waals surface area contributed by atoms with E-state index in [0.717, 1.165) is 0 Å². The molecule has 2 fully saturated rings.